The summed E-state index contributed by atoms with van der Waals surface area (Å²) in [4.78, 5) is 0. The van der Waals surface area contributed by atoms with Crippen LogP contribution in [0.1, 0.15) is 0 Å². The molecule has 2 N–H and O–H groups in total. The van der Waals surface area contributed by atoms with E-state index in [1.807, 2.05) is 53.1 Å². The minimum Gasteiger partial charge on any atom is -0.493 e. The molecule has 0 aliphatic carbocycles. The Bertz CT molecular complexity index is 985. The monoisotopic (exact) mass is 370 g/mol. The summed E-state index contributed by atoms with van der Waals surface area (Å²) in [7, 11) is 3.19. The molecule has 1 heterocycles. The van der Waals surface area contributed by atoms with Crippen molar-refractivity contribution in [3.05, 3.63) is 53.9 Å². The van der Waals surface area contributed by atoms with Crippen molar-refractivity contribution >= 4 is 11.0 Å². The number of hydrogen-bond donors (Lipinski definition) is 2. The van der Waals surface area contributed by atoms with Crippen molar-refractivity contribution in [1.82, 2.24) is 4.58 Å². The van der Waals surface area contributed by atoms with E-state index in [-0.39, 0.29) is 13.2 Å². The van der Waals surface area contributed by atoms with Crippen LogP contribution in [-0.4, -0.2) is 50.7 Å². The SMILES string of the molecule is COc1ccc(-c2cc(=[N+](CCO)CCO)c3ccccc3o2)cc1OC. The van der Waals surface area contributed by atoms with Crippen molar-refractivity contribution in [3.63, 3.8) is 0 Å². The maximum absolute atomic E-state index is 9.43. The van der Waals surface area contributed by atoms with Gasteiger partial charge in [-0.3, -0.25) is 0 Å². The second-order valence-electron chi connectivity index (χ2n) is 6.00. The number of para-hydroxylation sites is 1. The highest BCUT2D eigenvalue weighted by molar-refractivity contribution is 5.78. The zero-order valence-electron chi connectivity index (χ0n) is 15.5. The van der Waals surface area contributed by atoms with E-state index in [1.165, 1.54) is 0 Å². The third-order valence-electron chi connectivity index (χ3n) is 4.40. The highest BCUT2D eigenvalue weighted by atomic mass is 16.5. The number of methoxy groups -OCH3 is 2. The molecule has 6 heteroatoms. The molecule has 0 radical (unpaired) electrons. The molecule has 0 bridgehead atoms. The van der Waals surface area contributed by atoms with E-state index in [4.69, 9.17) is 13.9 Å². The van der Waals surface area contributed by atoms with Crippen LogP contribution in [-0.2, 0) is 0 Å². The van der Waals surface area contributed by atoms with Crippen molar-refractivity contribution in [2.45, 2.75) is 0 Å². The van der Waals surface area contributed by atoms with Gasteiger partial charge in [-0.05, 0) is 30.3 Å². The van der Waals surface area contributed by atoms with E-state index in [9.17, 15) is 10.2 Å². The van der Waals surface area contributed by atoms with Crippen molar-refractivity contribution in [2.75, 3.05) is 40.5 Å². The van der Waals surface area contributed by atoms with Crippen LogP contribution in [0.5, 0.6) is 11.5 Å². The normalized spacial score (nSPS) is 10.8. The molecule has 0 saturated heterocycles. The molecule has 1 aromatic heterocycles. The summed E-state index contributed by atoms with van der Waals surface area (Å²) in [5.41, 5.74) is 1.56. The number of aliphatic hydroxyl groups excluding tert-OH is 2. The fourth-order valence-electron chi connectivity index (χ4n) is 3.10. The van der Waals surface area contributed by atoms with Crippen LogP contribution < -0.4 is 19.4 Å². The lowest BCUT2D eigenvalue weighted by atomic mass is 10.1. The molecule has 27 heavy (non-hydrogen) atoms. The van der Waals surface area contributed by atoms with E-state index in [2.05, 4.69) is 0 Å². The Balaban J connectivity index is 2.28. The van der Waals surface area contributed by atoms with Crippen LogP contribution in [0.3, 0.4) is 0 Å². The smallest absolute Gasteiger partial charge is 0.214 e. The molecule has 142 valence electrons. The van der Waals surface area contributed by atoms with Gasteiger partial charge in [-0.25, -0.2) is 4.58 Å². The highest BCUT2D eigenvalue weighted by Gasteiger charge is 2.14. The lowest BCUT2D eigenvalue weighted by Crippen LogP contribution is -2.35. The number of hydrogen-bond acceptors (Lipinski definition) is 5. The summed E-state index contributed by atoms with van der Waals surface area (Å²) in [5, 5.41) is 20.7. The molecule has 0 saturated carbocycles. The van der Waals surface area contributed by atoms with Crippen LogP contribution >= 0.6 is 0 Å². The molecule has 0 atom stereocenters. The third-order valence-corrected chi connectivity index (χ3v) is 4.40. The minimum atomic E-state index is -0.00788. The highest BCUT2D eigenvalue weighted by Crippen LogP contribution is 2.32. The van der Waals surface area contributed by atoms with Gasteiger partial charge in [0.1, 0.15) is 24.6 Å². The molecule has 0 aliphatic rings. The Morgan fingerprint density at radius 1 is 0.889 bits per heavy atom. The van der Waals surface area contributed by atoms with Crippen molar-refractivity contribution in [3.8, 4) is 22.8 Å². The van der Waals surface area contributed by atoms with Crippen LogP contribution in [0.15, 0.2) is 52.9 Å². The maximum atomic E-state index is 9.43. The summed E-state index contributed by atoms with van der Waals surface area (Å²) >= 11 is 0. The van der Waals surface area contributed by atoms with Gasteiger partial charge in [0.05, 0.1) is 25.7 Å². The maximum Gasteiger partial charge on any atom is 0.214 e. The molecular formula is C21H24NO5+. The topological polar surface area (TPSA) is 75.1 Å². The first-order valence-electron chi connectivity index (χ1n) is 8.76. The first kappa shape index (κ1) is 18.9. The van der Waals surface area contributed by atoms with Gasteiger partial charge < -0.3 is 24.1 Å². The molecule has 0 amide bonds. The predicted molar refractivity (Wildman–Crippen MR) is 104 cm³/mol. The van der Waals surface area contributed by atoms with Gasteiger partial charge in [-0.15, -0.1) is 0 Å². The number of benzene rings is 2. The Morgan fingerprint density at radius 3 is 2.26 bits per heavy atom. The third kappa shape index (κ3) is 3.97. The second-order valence-corrected chi connectivity index (χ2v) is 6.00. The van der Waals surface area contributed by atoms with Crippen LogP contribution in [0.2, 0.25) is 0 Å². The zero-order valence-corrected chi connectivity index (χ0v) is 15.5. The largest absolute Gasteiger partial charge is 0.493 e. The van der Waals surface area contributed by atoms with Crippen LogP contribution in [0.25, 0.3) is 22.3 Å². The molecule has 0 fully saturated rings. The first-order valence-corrected chi connectivity index (χ1v) is 8.76. The second kappa shape index (κ2) is 8.70. The number of fused-ring (bicyclic) bond motifs is 1. The number of aliphatic hydroxyl groups is 2. The number of nitrogens with zero attached hydrogens (tertiary/aromatic N) is 1. The molecular weight excluding hydrogens is 346 g/mol. The van der Waals surface area contributed by atoms with Gasteiger partial charge in [0.15, 0.2) is 24.6 Å². The van der Waals surface area contributed by atoms with E-state index in [0.29, 0.717) is 30.3 Å². The molecule has 3 aromatic rings. The van der Waals surface area contributed by atoms with E-state index in [0.717, 1.165) is 21.9 Å². The van der Waals surface area contributed by atoms with Gasteiger partial charge in [0.25, 0.3) is 0 Å². The minimum absolute atomic E-state index is 0.00788. The van der Waals surface area contributed by atoms with Crippen LogP contribution in [0.4, 0.5) is 0 Å². The molecule has 6 nitrogen and oxygen atoms in total. The van der Waals surface area contributed by atoms with E-state index >= 15 is 0 Å². The number of rotatable bonds is 7. The average Bonchev–Trinajstić information content (AvgIpc) is 2.72. The molecule has 2 aromatic carbocycles. The summed E-state index contributed by atoms with van der Waals surface area (Å²) in [6.07, 6.45) is 0. The zero-order chi connectivity index (χ0) is 19.2. The average molecular weight is 370 g/mol. The summed E-state index contributed by atoms with van der Waals surface area (Å²) in [6, 6.07) is 15.2. The van der Waals surface area contributed by atoms with Gasteiger partial charge in [0.2, 0.25) is 5.36 Å². The van der Waals surface area contributed by atoms with E-state index < -0.39 is 0 Å². The Labute approximate surface area is 157 Å². The Hall–Kier alpha value is -2.83. The molecule has 0 aliphatic heterocycles. The van der Waals surface area contributed by atoms with Gasteiger partial charge in [0, 0.05) is 5.56 Å². The molecule has 0 unspecified atom stereocenters. The Morgan fingerprint density at radius 2 is 1.59 bits per heavy atom. The molecule has 3 rings (SSSR count). The standard InChI is InChI=1S/C21H24NO5/c1-25-19-8-7-15(13-21(19)26-2)20-14-17(22(9-11-23)10-12-24)16-5-3-4-6-18(16)27-20/h3-8,13-14,23-24H,9-12H2,1-2H3/q+1. The van der Waals surface area contributed by atoms with Crippen molar-refractivity contribution in [2.24, 2.45) is 0 Å². The fraction of sp³-hybridized carbons (Fsp3) is 0.286. The van der Waals surface area contributed by atoms with Crippen LogP contribution in [0, 0.1) is 0 Å². The lowest BCUT2D eigenvalue weighted by Gasteiger charge is -2.10. The van der Waals surface area contributed by atoms with Gasteiger partial charge in [-0.1, -0.05) is 12.1 Å². The Kier molecular flexibility index (Phi) is 6.11. The summed E-state index contributed by atoms with van der Waals surface area (Å²) in [5.74, 6) is 1.91. The van der Waals surface area contributed by atoms with Gasteiger partial charge >= 0.3 is 0 Å². The quantitative estimate of drug-likeness (QED) is 0.621. The lowest BCUT2D eigenvalue weighted by molar-refractivity contribution is 0.250. The first-order chi connectivity index (χ1) is 13.2. The fourth-order valence-corrected chi connectivity index (χ4v) is 3.10. The summed E-state index contributed by atoms with van der Waals surface area (Å²) in [6.45, 7) is 0.817. The van der Waals surface area contributed by atoms with Crippen molar-refractivity contribution in [1.29, 1.82) is 0 Å². The predicted octanol–water partition coefficient (Wildman–Crippen LogP) is 1.87. The molecule has 0 spiro atoms. The van der Waals surface area contributed by atoms with Crippen molar-refractivity contribution < 1.29 is 24.1 Å². The van der Waals surface area contributed by atoms with E-state index in [1.54, 1.807) is 14.2 Å². The number of ether oxygens (including phenoxy) is 2. The summed E-state index contributed by atoms with van der Waals surface area (Å²) < 4.78 is 18.8. The van der Waals surface area contributed by atoms with Gasteiger partial charge in [-0.2, -0.15) is 0 Å².